The summed E-state index contributed by atoms with van der Waals surface area (Å²) in [6.45, 7) is 8.48. The van der Waals surface area contributed by atoms with Crippen molar-refractivity contribution in [1.29, 1.82) is 0 Å². The Morgan fingerprint density at radius 3 is 2.48 bits per heavy atom. The summed E-state index contributed by atoms with van der Waals surface area (Å²) in [7, 11) is 1.68. The number of hydrogen-bond acceptors (Lipinski definition) is 3. The Morgan fingerprint density at radius 1 is 1.14 bits per heavy atom. The number of likely N-dealkylation sites (tertiary alicyclic amines) is 1. The predicted molar refractivity (Wildman–Crippen MR) is 116 cm³/mol. The summed E-state index contributed by atoms with van der Waals surface area (Å²) in [6, 6.07) is 18.6. The number of rotatable bonds is 6. The van der Waals surface area contributed by atoms with Gasteiger partial charge in [-0.25, -0.2) is 4.79 Å². The summed E-state index contributed by atoms with van der Waals surface area (Å²) in [5.74, 6) is 0.367. The fourth-order valence-corrected chi connectivity index (χ4v) is 4.13. The summed E-state index contributed by atoms with van der Waals surface area (Å²) >= 11 is 0. The van der Waals surface area contributed by atoms with Gasteiger partial charge in [-0.05, 0) is 34.6 Å². The fraction of sp³-hybridized carbons (Fsp3) is 0.400. The summed E-state index contributed by atoms with van der Waals surface area (Å²) in [4.78, 5) is 14.4. The molecular formula is C25H31NO3. The molecule has 2 aromatic carbocycles. The van der Waals surface area contributed by atoms with Crippen LogP contribution in [0.5, 0.6) is 5.75 Å². The Hall–Kier alpha value is -2.59. The molecule has 1 N–H and O–H groups in total. The minimum atomic E-state index is -0.830. The van der Waals surface area contributed by atoms with Crippen molar-refractivity contribution in [3.8, 4) is 5.75 Å². The van der Waals surface area contributed by atoms with E-state index >= 15 is 0 Å². The number of ether oxygens (including phenoxy) is 1. The maximum atomic E-state index is 11.9. The smallest absolute Gasteiger partial charge is 0.331 e. The lowest BCUT2D eigenvalue weighted by Gasteiger charge is -2.23. The largest absolute Gasteiger partial charge is 0.497 e. The van der Waals surface area contributed by atoms with Gasteiger partial charge in [-0.2, -0.15) is 0 Å². The minimum absolute atomic E-state index is 0.135. The van der Waals surface area contributed by atoms with Crippen LogP contribution in [0, 0.1) is 11.3 Å². The fourth-order valence-electron chi connectivity index (χ4n) is 4.13. The van der Waals surface area contributed by atoms with Crippen LogP contribution in [0.25, 0.3) is 0 Å². The quantitative estimate of drug-likeness (QED) is 0.704. The summed E-state index contributed by atoms with van der Waals surface area (Å²) in [5.41, 5.74) is 2.55. The van der Waals surface area contributed by atoms with Crippen molar-refractivity contribution in [3.63, 3.8) is 0 Å². The van der Waals surface area contributed by atoms with Gasteiger partial charge in [0.15, 0.2) is 0 Å². The monoisotopic (exact) mass is 393 g/mol. The first-order chi connectivity index (χ1) is 13.8. The van der Waals surface area contributed by atoms with E-state index < -0.39 is 11.4 Å². The molecule has 29 heavy (non-hydrogen) atoms. The molecule has 2 aromatic rings. The zero-order valence-electron chi connectivity index (χ0n) is 17.8. The van der Waals surface area contributed by atoms with Gasteiger partial charge in [-0.3, -0.25) is 4.90 Å². The molecule has 2 atom stereocenters. The molecule has 3 rings (SSSR count). The van der Waals surface area contributed by atoms with Crippen LogP contribution in [0.2, 0.25) is 0 Å². The molecular weight excluding hydrogens is 362 g/mol. The van der Waals surface area contributed by atoms with Crippen LogP contribution in [0.3, 0.4) is 0 Å². The molecule has 1 aliphatic rings. The number of carboxylic acids is 1. The van der Waals surface area contributed by atoms with Crippen LogP contribution in [0.4, 0.5) is 0 Å². The molecule has 154 valence electrons. The highest BCUT2D eigenvalue weighted by Crippen LogP contribution is 2.38. The molecule has 2 unspecified atom stereocenters. The third kappa shape index (κ3) is 5.27. The van der Waals surface area contributed by atoms with Gasteiger partial charge in [-0.15, -0.1) is 0 Å². The van der Waals surface area contributed by atoms with Gasteiger partial charge in [0.1, 0.15) is 5.75 Å². The molecule has 0 aromatic heterocycles. The molecule has 1 saturated heterocycles. The van der Waals surface area contributed by atoms with Gasteiger partial charge < -0.3 is 9.84 Å². The number of benzene rings is 2. The predicted octanol–water partition coefficient (Wildman–Crippen LogP) is 4.97. The summed E-state index contributed by atoms with van der Waals surface area (Å²) < 4.78 is 5.42. The zero-order valence-corrected chi connectivity index (χ0v) is 17.8. The van der Waals surface area contributed by atoms with E-state index in [-0.39, 0.29) is 11.8 Å². The van der Waals surface area contributed by atoms with Crippen LogP contribution >= 0.6 is 0 Å². The molecule has 0 bridgehead atoms. The van der Waals surface area contributed by atoms with E-state index in [9.17, 15) is 9.90 Å². The first kappa shape index (κ1) is 21.1. The topological polar surface area (TPSA) is 49.8 Å². The normalized spacial score (nSPS) is 20.6. The highest BCUT2D eigenvalue weighted by atomic mass is 16.5. The number of hydrogen-bond donors (Lipinski definition) is 1. The lowest BCUT2D eigenvalue weighted by atomic mass is 9.81. The number of nitrogens with zero attached hydrogens (tertiary/aromatic N) is 1. The van der Waals surface area contributed by atoms with Crippen LogP contribution < -0.4 is 4.74 Å². The maximum absolute atomic E-state index is 11.9. The zero-order chi connectivity index (χ0) is 21.0. The Kier molecular flexibility index (Phi) is 6.43. The third-order valence-corrected chi connectivity index (χ3v) is 5.63. The molecule has 1 aliphatic heterocycles. The highest BCUT2D eigenvalue weighted by molar-refractivity contribution is 5.88. The van der Waals surface area contributed by atoms with E-state index in [0.717, 1.165) is 25.4 Å². The number of carbonyl (C=O) groups is 1. The van der Waals surface area contributed by atoms with Gasteiger partial charge in [0, 0.05) is 31.1 Å². The van der Waals surface area contributed by atoms with E-state index in [1.807, 2.05) is 45.0 Å². The molecule has 4 heteroatoms. The van der Waals surface area contributed by atoms with Crippen molar-refractivity contribution in [2.24, 2.45) is 11.3 Å². The third-order valence-electron chi connectivity index (χ3n) is 5.63. The van der Waals surface area contributed by atoms with Crippen molar-refractivity contribution < 1.29 is 14.6 Å². The molecule has 0 radical (unpaired) electrons. The Bertz CT molecular complexity index is 867. The first-order valence-corrected chi connectivity index (χ1v) is 10.1. The highest BCUT2D eigenvalue weighted by Gasteiger charge is 2.35. The van der Waals surface area contributed by atoms with Crippen LogP contribution in [0.15, 0.2) is 66.2 Å². The lowest BCUT2D eigenvalue weighted by molar-refractivity contribution is -0.133. The van der Waals surface area contributed by atoms with E-state index in [1.165, 1.54) is 11.1 Å². The molecule has 0 aliphatic carbocycles. The van der Waals surface area contributed by atoms with Gasteiger partial charge >= 0.3 is 5.97 Å². The minimum Gasteiger partial charge on any atom is -0.497 e. The van der Waals surface area contributed by atoms with E-state index in [1.54, 1.807) is 7.11 Å². The van der Waals surface area contributed by atoms with Crippen molar-refractivity contribution in [2.45, 2.75) is 33.2 Å². The van der Waals surface area contributed by atoms with Gasteiger partial charge in [0.05, 0.1) is 7.11 Å². The molecule has 1 heterocycles. The Balaban J connectivity index is 1.93. The number of carboxylic acid groups (broad SMARTS) is 1. The SMILES string of the molecule is COc1cccc(C2CN(Cc3ccccc3)CC2/C=C(/C(=O)O)C(C)(C)C)c1. The van der Waals surface area contributed by atoms with Crippen molar-refractivity contribution >= 4 is 5.97 Å². The number of aliphatic carboxylic acids is 1. The van der Waals surface area contributed by atoms with Crippen LogP contribution in [-0.4, -0.2) is 36.2 Å². The molecule has 0 spiro atoms. The summed E-state index contributed by atoms with van der Waals surface area (Å²) in [6.07, 6.45) is 2.00. The molecule has 1 fully saturated rings. The first-order valence-electron chi connectivity index (χ1n) is 10.1. The standard InChI is InChI=1S/C25H31NO3/c1-25(2,3)23(24(27)28)14-20-16-26(15-18-9-6-5-7-10-18)17-22(20)19-11-8-12-21(13-19)29-4/h5-14,20,22H,15-17H2,1-4H3,(H,27,28)/b23-14-. The lowest BCUT2D eigenvalue weighted by Crippen LogP contribution is -2.21. The number of methoxy groups -OCH3 is 1. The molecule has 4 nitrogen and oxygen atoms in total. The van der Waals surface area contributed by atoms with Gasteiger partial charge in [-0.1, -0.05) is 69.3 Å². The second kappa shape index (κ2) is 8.83. The van der Waals surface area contributed by atoms with Crippen molar-refractivity contribution in [2.75, 3.05) is 20.2 Å². The van der Waals surface area contributed by atoms with Crippen molar-refractivity contribution in [1.82, 2.24) is 4.90 Å². The molecule has 0 saturated carbocycles. The average Bonchev–Trinajstić information content (AvgIpc) is 3.08. The van der Waals surface area contributed by atoms with Crippen LogP contribution in [0.1, 0.15) is 37.8 Å². The van der Waals surface area contributed by atoms with E-state index in [4.69, 9.17) is 4.74 Å². The molecule has 0 amide bonds. The van der Waals surface area contributed by atoms with Gasteiger partial charge in [0.2, 0.25) is 0 Å². The van der Waals surface area contributed by atoms with E-state index in [2.05, 4.69) is 41.3 Å². The van der Waals surface area contributed by atoms with Crippen LogP contribution in [-0.2, 0) is 11.3 Å². The summed E-state index contributed by atoms with van der Waals surface area (Å²) in [5, 5.41) is 9.81. The maximum Gasteiger partial charge on any atom is 0.331 e. The van der Waals surface area contributed by atoms with Crippen molar-refractivity contribution in [3.05, 3.63) is 77.4 Å². The Labute approximate surface area is 173 Å². The van der Waals surface area contributed by atoms with Gasteiger partial charge in [0.25, 0.3) is 0 Å². The van der Waals surface area contributed by atoms with E-state index in [0.29, 0.717) is 5.57 Å². The average molecular weight is 394 g/mol. The Morgan fingerprint density at radius 2 is 1.86 bits per heavy atom. The second-order valence-electron chi connectivity index (χ2n) is 8.86. The second-order valence-corrected chi connectivity index (χ2v) is 8.86.